The van der Waals surface area contributed by atoms with Gasteiger partial charge in [-0.25, -0.2) is 0 Å². The van der Waals surface area contributed by atoms with E-state index < -0.39 is 18.1 Å². The molecule has 0 radical (unpaired) electrons. The van der Waals surface area contributed by atoms with Crippen molar-refractivity contribution in [2.24, 2.45) is 0 Å². The second-order valence-electron chi connectivity index (χ2n) is 5.11. The molecule has 0 saturated carbocycles. The van der Waals surface area contributed by atoms with Crippen LogP contribution in [-0.4, -0.2) is 46.6 Å². The van der Waals surface area contributed by atoms with E-state index in [-0.39, 0.29) is 24.3 Å². The van der Waals surface area contributed by atoms with Crippen molar-refractivity contribution in [3.05, 3.63) is 24.2 Å². The largest absolute Gasteiger partial charge is 0.459 e. The van der Waals surface area contributed by atoms with Gasteiger partial charge in [0.1, 0.15) is 6.04 Å². The molecule has 0 bridgehead atoms. The van der Waals surface area contributed by atoms with Crippen LogP contribution in [0.2, 0.25) is 0 Å². The van der Waals surface area contributed by atoms with Gasteiger partial charge >= 0.3 is 0 Å². The van der Waals surface area contributed by atoms with Gasteiger partial charge in [0.25, 0.3) is 5.91 Å². The summed E-state index contributed by atoms with van der Waals surface area (Å²) in [6.07, 6.45) is 0.782. The minimum Gasteiger partial charge on any atom is -0.459 e. The van der Waals surface area contributed by atoms with E-state index in [4.69, 9.17) is 4.42 Å². The summed E-state index contributed by atoms with van der Waals surface area (Å²) in [5.41, 5.74) is 0. The number of carbonyl (C=O) groups excluding carboxylic acids is 2. The average molecular weight is 282 g/mol. The molecule has 1 aromatic rings. The fourth-order valence-corrected chi connectivity index (χ4v) is 1.83. The highest BCUT2D eigenvalue weighted by Crippen LogP contribution is 2.06. The number of aliphatic hydroxyl groups excluding tert-OH is 1. The van der Waals surface area contributed by atoms with E-state index in [1.165, 1.54) is 17.2 Å². The Kier molecular flexibility index (Phi) is 5.76. The number of rotatable bonds is 6. The number of hydrogen-bond acceptors (Lipinski definition) is 4. The van der Waals surface area contributed by atoms with Crippen LogP contribution in [0.1, 0.15) is 38.2 Å². The Labute approximate surface area is 118 Å². The van der Waals surface area contributed by atoms with Gasteiger partial charge < -0.3 is 19.7 Å². The summed E-state index contributed by atoms with van der Waals surface area (Å²) in [5.74, 6) is -0.506. The summed E-state index contributed by atoms with van der Waals surface area (Å²) in [6.45, 7) is 7.19. The Hall–Kier alpha value is -1.82. The van der Waals surface area contributed by atoms with Crippen molar-refractivity contribution in [2.75, 3.05) is 6.54 Å². The number of furan rings is 1. The third kappa shape index (κ3) is 4.38. The van der Waals surface area contributed by atoms with Crippen LogP contribution in [0.15, 0.2) is 22.8 Å². The van der Waals surface area contributed by atoms with Crippen LogP contribution in [0, 0.1) is 0 Å². The molecule has 2 unspecified atom stereocenters. The first-order valence-electron chi connectivity index (χ1n) is 6.65. The summed E-state index contributed by atoms with van der Waals surface area (Å²) >= 11 is 0. The van der Waals surface area contributed by atoms with Crippen LogP contribution in [0.4, 0.5) is 0 Å². The van der Waals surface area contributed by atoms with Crippen molar-refractivity contribution in [1.29, 1.82) is 0 Å². The number of nitrogens with one attached hydrogen (secondary N) is 1. The van der Waals surface area contributed by atoms with Crippen molar-refractivity contribution >= 4 is 11.8 Å². The van der Waals surface area contributed by atoms with Crippen LogP contribution in [0.25, 0.3) is 0 Å². The normalized spacial score (nSPS) is 13.9. The molecular formula is C14H22N2O4. The van der Waals surface area contributed by atoms with Gasteiger partial charge in [-0.15, -0.1) is 0 Å². The Morgan fingerprint density at radius 3 is 2.45 bits per heavy atom. The topological polar surface area (TPSA) is 82.8 Å². The third-order valence-corrected chi connectivity index (χ3v) is 2.83. The van der Waals surface area contributed by atoms with E-state index in [0.717, 1.165) is 0 Å². The van der Waals surface area contributed by atoms with Gasteiger partial charge in [-0.05, 0) is 39.8 Å². The summed E-state index contributed by atoms with van der Waals surface area (Å²) < 4.78 is 4.97. The average Bonchev–Trinajstić information content (AvgIpc) is 2.88. The predicted molar refractivity (Wildman–Crippen MR) is 74.2 cm³/mol. The first kappa shape index (κ1) is 16.2. The zero-order valence-electron chi connectivity index (χ0n) is 12.3. The molecule has 0 saturated heterocycles. The van der Waals surface area contributed by atoms with Gasteiger partial charge in [-0.2, -0.15) is 0 Å². The predicted octanol–water partition coefficient (Wildman–Crippen LogP) is 1.02. The molecule has 1 aromatic heterocycles. The van der Waals surface area contributed by atoms with E-state index >= 15 is 0 Å². The summed E-state index contributed by atoms with van der Waals surface area (Å²) in [6, 6.07) is 2.39. The van der Waals surface area contributed by atoms with Gasteiger partial charge in [-0.1, -0.05) is 0 Å². The lowest BCUT2D eigenvalue weighted by Crippen LogP contribution is -2.51. The smallest absolute Gasteiger partial charge is 0.287 e. The molecule has 1 rings (SSSR count). The van der Waals surface area contributed by atoms with E-state index in [1.54, 1.807) is 19.9 Å². The maximum atomic E-state index is 12.3. The highest BCUT2D eigenvalue weighted by Gasteiger charge is 2.25. The monoisotopic (exact) mass is 282 g/mol. The van der Waals surface area contributed by atoms with E-state index in [1.807, 2.05) is 13.8 Å². The SMILES string of the molecule is CC(O)CN(C(=O)C(C)NC(=O)c1ccco1)C(C)C. The summed E-state index contributed by atoms with van der Waals surface area (Å²) in [4.78, 5) is 25.6. The van der Waals surface area contributed by atoms with Crippen molar-refractivity contribution in [1.82, 2.24) is 10.2 Å². The molecule has 0 spiro atoms. The molecule has 0 aliphatic rings. The minimum absolute atomic E-state index is 0.0555. The van der Waals surface area contributed by atoms with Gasteiger partial charge in [0.2, 0.25) is 5.91 Å². The van der Waals surface area contributed by atoms with Crippen molar-refractivity contribution in [2.45, 2.75) is 45.9 Å². The van der Waals surface area contributed by atoms with Crippen molar-refractivity contribution in [3.63, 3.8) is 0 Å². The molecule has 0 aromatic carbocycles. The first-order chi connectivity index (χ1) is 9.32. The quantitative estimate of drug-likeness (QED) is 0.816. The molecule has 0 aliphatic carbocycles. The number of aliphatic hydroxyl groups is 1. The van der Waals surface area contributed by atoms with Gasteiger partial charge in [0.05, 0.1) is 12.4 Å². The highest BCUT2D eigenvalue weighted by atomic mass is 16.3. The Balaban J connectivity index is 2.67. The van der Waals surface area contributed by atoms with E-state index in [0.29, 0.717) is 0 Å². The van der Waals surface area contributed by atoms with Crippen molar-refractivity contribution in [3.8, 4) is 0 Å². The maximum Gasteiger partial charge on any atom is 0.287 e. The second kappa shape index (κ2) is 7.09. The number of amides is 2. The zero-order chi connectivity index (χ0) is 15.3. The number of nitrogens with zero attached hydrogens (tertiary/aromatic N) is 1. The van der Waals surface area contributed by atoms with Gasteiger partial charge in [0, 0.05) is 12.6 Å². The Bertz CT molecular complexity index is 440. The molecule has 20 heavy (non-hydrogen) atoms. The fraction of sp³-hybridized carbons (Fsp3) is 0.571. The maximum absolute atomic E-state index is 12.3. The van der Waals surface area contributed by atoms with Crippen LogP contribution >= 0.6 is 0 Å². The summed E-state index contributed by atoms with van der Waals surface area (Å²) in [5, 5.41) is 12.0. The third-order valence-electron chi connectivity index (χ3n) is 2.83. The molecule has 6 nitrogen and oxygen atoms in total. The lowest BCUT2D eigenvalue weighted by atomic mass is 10.2. The Morgan fingerprint density at radius 1 is 1.35 bits per heavy atom. The molecule has 0 aliphatic heterocycles. The Morgan fingerprint density at radius 2 is 2.00 bits per heavy atom. The standard InChI is InChI=1S/C14H22N2O4/c1-9(2)16(8-10(3)17)14(19)11(4)15-13(18)12-6-5-7-20-12/h5-7,9-11,17H,8H2,1-4H3,(H,15,18). The molecule has 2 amide bonds. The molecule has 2 N–H and O–H groups in total. The zero-order valence-corrected chi connectivity index (χ0v) is 12.3. The second-order valence-corrected chi connectivity index (χ2v) is 5.11. The lowest BCUT2D eigenvalue weighted by molar-refractivity contribution is -0.136. The molecule has 0 fully saturated rings. The highest BCUT2D eigenvalue weighted by molar-refractivity contribution is 5.95. The minimum atomic E-state index is -0.686. The molecule has 2 atom stereocenters. The van der Waals surface area contributed by atoms with Crippen LogP contribution < -0.4 is 5.32 Å². The number of carbonyl (C=O) groups is 2. The molecule has 6 heteroatoms. The van der Waals surface area contributed by atoms with Crippen LogP contribution in [0.5, 0.6) is 0 Å². The molecule has 1 heterocycles. The van der Waals surface area contributed by atoms with E-state index in [2.05, 4.69) is 5.32 Å². The lowest BCUT2D eigenvalue weighted by Gasteiger charge is -2.30. The van der Waals surface area contributed by atoms with E-state index in [9.17, 15) is 14.7 Å². The summed E-state index contributed by atoms with van der Waals surface area (Å²) in [7, 11) is 0. The first-order valence-corrected chi connectivity index (χ1v) is 6.65. The van der Waals surface area contributed by atoms with Crippen LogP contribution in [0.3, 0.4) is 0 Å². The number of hydrogen-bond donors (Lipinski definition) is 2. The molecule has 112 valence electrons. The van der Waals surface area contributed by atoms with Gasteiger partial charge in [-0.3, -0.25) is 9.59 Å². The van der Waals surface area contributed by atoms with Crippen molar-refractivity contribution < 1.29 is 19.1 Å². The van der Waals surface area contributed by atoms with Gasteiger partial charge in [0.15, 0.2) is 5.76 Å². The fourth-order valence-electron chi connectivity index (χ4n) is 1.83. The molecular weight excluding hydrogens is 260 g/mol. The van der Waals surface area contributed by atoms with Crippen LogP contribution in [-0.2, 0) is 4.79 Å².